The van der Waals surface area contributed by atoms with Crippen molar-refractivity contribution in [3.8, 4) is 5.69 Å². The molecule has 25 heavy (non-hydrogen) atoms. The highest BCUT2D eigenvalue weighted by atomic mass is 35.5. The molecule has 1 N–H and O–H groups in total. The van der Waals surface area contributed by atoms with Crippen molar-refractivity contribution in [1.29, 1.82) is 0 Å². The summed E-state index contributed by atoms with van der Waals surface area (Å²) in [5, 5.41) is 18.5. The number of carbonyl (C=O) groups is 1. The Morgan fingerprint density at radius 1 is 1.24 bits per heavy atom. The topological polar surface area (TPSA) is 103 Å². The summed E-state index contributed by atoms with van der Waals surface area (Å²) >= 11 is 5.81. The second kappa shape index (κ2) is 7.10. The Morgan fingerprint density at radius 2 is 2.00 bits per heavy atom. The largest absolute Gasteiger partial charge is 0.348 e. The first kappa shape index (κ1) is 16.6. The third kappa shape index (κ3) is 3.81. The number of benzene rings is 2. The fraction of sp³-hybridized carbons (Fsp3) is 0.0625. The van der Waals surface area contributed by atoms with Crippen LogP contribution in [0.3, 0.4) is 0 Å². The zero-order valence-corrected chi connectivity index (χ0v) is 13.6. The maximum atomic E-state index is 12.3. The van der Waals surface area contributed by atoms with Crippen LogP contribution in [0.1, 0.15) is 15.9 Å². The Labute approximate surface area is 147 Å². The molecular formula is C16H12ClN5O3. The first-order chi connectivity index (χ1) is 12.0. The van der Waals surface area contributed by atoms with Gasteiger partial charge in [-0.05, 0) is 29.8 Å². The van der Waals surface area contributed by atoms with Gasteiger partial charge in [-0.2, -0.15) is 5.10 Å². The van der Waals surface area contributed by atoms with Gasteiger partial charge in [0.2, 0.25) is 0 Å². The van der Waals surface area contributed by atoms with Gasteiger partial charge in [0.15, 0.2) is 0 Å². The van der Waals surface area contributed by atoms with Crippen LogP contribution in [0.25, 0.3) is 5.69 Å². The van der Waals surface area contributed by atoms with Crippen molar-refractivity contribution in [2.45, 2.75) is 6.54 Å². The highest BCUT2D eigenvalue weighted by Gasteiger charge is 2.19. The lowest BCUT2D eigenvalue weighted by Crippen LogP contribution is -2.23. The molecule has 9 heteroatoms. The minimum Gasteiger partial charge on any atom is -0.348 e. The van der Waals surface area contributed by atoms with E-state index in [0.29, 0.717) is 5.02 Å². The van der Waals surface area contributed by atoms with Crippen LogP contribution in [-0.4, -0.2) is 25.6 Å². The van der Waals surface area contributed by atoms with Crippen LogP contribution in [-0.2, 0) is 6.54 Å². The summed E-state index contributed by atoms with van der Waals surface area (Å²) in [5.74, 6) is -0.414. The third-order valence-electron chi connectivity index (χ3n) is 3.47. The summed E-state index contributed by atoms with van der Waals surface area (Å²) in [6, 6.07) is 11.2. The van der Waals surface area contributed by atoms with Crippen LogP contribution >= 0.6 is 11.6 Å². The maximum Gasteiger partial charge on any atom is 0.295 e. The number of nitro groups is 1. The van der Waals surface area contributed by atoms with Gasteiger partial charge in [-0.15, -0.1) is 0 Å². The molecule has 0 radical (unpaired) electrons. The van der Waals surface area contributed by atoms with Crippen molar-refractivity contribution >= 4 is 23.2 Å². The molecule has 0 saturated carbocycles. The molecule has 0 aliphatic heterocycles. The molecule has 2 aromatic carbocycles. The molecule has 126 valence electrons. The summed E-state index contributed by atoms with van der Waals surface area (Å²) in [4.78, 5) is 26.8. The SMILES string of the molecule is O=C(NCc1ccc(Cl)cc1)c1ccc(-n2cncn2)c([N+](=O)[O-])c1. The summed E-state index contributed by atoms with van der Waals surface area (Å²) in [6.45, 7) is 0.286. The Kier molecular flexibility index (Phi) is 4.71. The number of halogens is 1. The molecule has 0 spiro atoms. The van der Waals surface area contributed by atoms with Crippen molar-refractivity contribution in [3.63, 3.8) is 0 Å². The van der Waals surface area contributed by atoms with E-state index in [4.69, 9.17) is 11.6 Å². The molecule has 0 fully saturated rings. The fourth-order valence-electron chi connectivity index (χ4n) is 2.22. The van der Waals surface area contributed by atoms with Gasteiger partial charge in [0.25, 0.3) is 11.6 Å². The smallest absolute Gasteiger partial charge is 0.295 e. The summed E-state index contributed by atoms with van der Waals surface area (Å²) in [7, 11) is 0. The van der Waals surface area contributed by atoms with Gasteiger partial charge in [0.05, 0.1) is 4.92 Å². The second-order valence-corrected chi connectivity index (χ2v) is 5.55. The average Bonchev–Trinajstić information content (AvgIpc) is 3.15. The van der Waals surface area contributed by atoms with Gasteiger partial charge in [0, 0.05) is 23.2 Å². The zero-order valence-electron chi connectivity index (χ0n) is 12.8. The van der Waals surface area contributed by atoms with Gasteiger partial charge < -0.3 is 5.32 Å². The van der Waals surface area contributed by atoms with E-state index in [0.717, 1.165) is 5.56 Å². The van der Waals surface area contributed by atoms with Crippen LogP contribution in [0.2, 0.25) is 5.02 Å². The fourth-order valence-corrected chi connectivity index (χ4v) is 2.35. The number of amides is 1. The number of nitrogens with zero attached hydrogens (tertiary/aromatic N) is 4. The number of carbonyl (C=O) groups excluding carboxylic acids is 1. The maximum absolute atomic E-state index is 12.3. The zero-order chi connectivity index (χ0) is 17.8. The van der Waals surface area contributed by atoms with Crippen molar-refractivity contribution in [2.75, 3.05) is 0 Å². The molecule has 0 saturated heterocycles. The van der Waals surface area contributed by atoms with Crippen LogP contribution in [0, 0.1) is 10.1 Å². The molecule has 0 aliphatic rings. The summed E-state index contributed by atoms with van der Waals surface area (Å²) in [5.41, 5.74) is 1.05. The Bertz CT molecular complexity index is 910. The molecule has 1 aromatic heterocycles. The minimum absolute atomic E-state index is 0.185. The van der Waals surface area contributed by atoms with Crippen molar-refractivity contribution in [3.05, 3.63) is 81.4 Å². The van der Waals surface area contributed by atoms with Crippen molar-refractivity contribution in [2.24, 2.45) is 0 Å². The number of hydrogen-bond acceptors (Lipinski definition) is 5. The molecule has 1 heterocycles. The lowest BCUT2D eigenvalue weighted by Gasteiger charge is -2.07. The standard InChI is InChI=1S/C16H12ClN5O3/c17-13-4-1-11(2-5-13)8-19-16(23)12-3-6-14(15(7-12)22(24)25)21-10-18-9-20-21/h1-7,9-10H,8H2,(H,19,23). The third-order valence-corrected chi connectivity index (χ3v) is 3.72. The van der Waals surface area contributed by atoms with Gasteiger partial charge in [-0.3, -0.25) is 14.9 Å². The first-order valence-corrected chi connectivity index (χ1v) is 7.58. The number of nitrogens with one attached hydrogen (secondary N) is 1. The molecule has 0 bridgehead atoms. The summed E-state index contributed by atoms with van der Waals surface area (Å²) < 4.78 is 1.27. The number of nitro benzene ring substituents is 1. The normalized spacial score (nSPS) is 10.4. The Hall–Kier alpha value is -3.26. The minimum atomic E-state index is -0.563. The highest BCUT2D eigenvalue weighted by Crippen LogP contribution is 2.23. The quantitative estimate of drug-likeness (QED) is 0.558. The molecular weight excluding hydrogens is 346 g/mol. The van der Waals surface area contributed by atoms with E-state index in [-0.39, 0.29) is 23.5 Å². The summed E-state index contributed by atoms with van der Waals surface area (Å²) in [6.07, 6.45) is 2.62. The lowest BCUT2D eigenvalue weighted by atomic mass is 10.1. The lowest BCUT2D eigenvalue weighted by molar-refractivity contribution is -0.384. The van der Waals surface area contributed by atoms with E-state index in [1.165, 1.54) is 35.5 Å². The molecule has 3 rings (SSSR count). The Balaban J connectivity index is 1.79. The number of aromatic nitrogens is 3. The molecule has 8 nitrogen and oxygen atoms in total. The van der Waals surface area contributed by atoms with E-state index < -0.39 is 10.8 Å². The van der Waals surface area contributed by atoms with E-state index >= 15 is 0 Å². The van der Waals surface area contributed by atoms with Gasteiger partial charge >= 0.3 is 0 Å². The van der Waals surface area contributed by atoms with E-state index in [2.05, 4.69) is 15.4 Å². The average molecular weight is 358 g/mol. The van der Waals surface area contributed by atoms with Crippen LogP contribution in [0.5, 0.6) is 0 Å². The van der Waals surface area contributed by atoms with Gasteiger partial charge in [-0.1, -0.05) is 23.7 Å². The van der Waals surface area contributed by atoms with E-state index in [9.17, 15) is 14.9 Å². The molecule has 0 unspecified atom stereocenters. The molecule has 0 atom stereocenters. The number of hydrogen-bond donors (Lipinski definition) is 1. The van der Waals surface area contributed by atoms with Crippen LogP contribution in [0.15, 0.2) is 55.1 Å². The van der Waals surface area contributed by atoms with Crippen molar-refractivity contribution < 1.29 is 9.72 Å². The molecule has 0 aliphatic carbocycles. The predicted molar refractivity (Wildman–Crippen MR) is 90.6 cm³/mol. The van der Waals surface area contributed by atoms with E-state index in [1.54, 1.807) is 24.3 Å². The monoisotopic (exact) mass is 357 g/mol. The number of rotatable bonds is 5. The second-order valence-electron chi connectivity index (χ2n) is 5.11. The van der Waals surface area contributed by atoms with Crippen LogP contribution in [0.4, 0.5) is 5.69 Å². The molecule has 3 aromatic rings. The van der Waals surface area contributed by atoms with Crippen LogP contribution < -0.4 is 5.32 Å². The van der Waals surface area contributed by atoms with Crippen molar-refractivity contribution in [1.82, 2.24) is 20.1 Å². The van der Waals surface area contributed by atoms with E-state index in [1.807, 2.05) is 0 Å². The van der Waals surface area contributed by atoms with Gasteiger partial charge in [-0.25, -0.2) is 9.67 Å². The molecule has 1 amide bonds. The van der Waals surface area contributed by atoms with Gasteiger partial charge in [0.1, 0.15) is 18.3 Å². The highest BCUT2D eigenvalue weighted by molar-refractivity contribution is 6.30. The Morgan fingerprint density at radius 3 is 2.64 bits per heavy atom. The first-order valence-electron chi connectivity index (χ1n) is 7.20. The predicted octanol–water partition coefficient (Wildman–Crippen LogP) is 2.76.